The molecule has 1 heterocycles. The van der Waals surface area contributed by atoms with E-state index in [-0.39, 0.29) is 24.4 Å². The summed E-state index contributed by atoms with van der Waals surface area (Å²) in [5.41, 5.74) is 6.23. The lowest BCUT2D eigenvalue weighted by Crippen LogP contribution is -2.34. The van der Waals surface area contributed by atoms with E-state index in [0.29, 0.717) is 23.0 Å². The van der Waals surface area contributed by atoms with Crippen LogP contribution in [0.5, 0.6) is 0 Å². The topological polar surface area (TPSA) is 46.3 Å². The molecule has 1 aromatic rings. The molecule has 1 fully saturated rings. The monoisotopic (exact) mass is 366 g/mol. The average molecular weight is 368 g/mol. The number of amides is 1. The second-order valence-corrected chi connectivity index (χ2v) is 5.98. The highest BCUT2D eigenvalue weighted by atomic mass is 79.9. The van der Waals surface area contributed by atoms with E-state index in [4.69, 9.17) is 17.3 Å². The van der Waals surface area contributed by atoms with Crippen molar-refractivity contribution in [3.05, 3.63) is 33.3 Å². The van der Waals surface area contributed by atoms with E-state index in [1.807, 2.05) is 17.0 Å². The molecule has 0 bridgehead atoms. The average Bonchev–Trinajstić information content (AvgIpc) is 2.73. The first-order chi connectivity index (χ1) is 8.54. The second-order valence-electron chi connectivity index (χ2n) is 4.75. The highest BCUT2D eigenvalue weighted by molar-refractivity contribution is 9.10. The van der Waals surface area contributed by atoms with Crippen LogP contribution in [0.2, 0.25) is 5.02 Å². The lowest BCUT2D eigenvalue weighted by Gasteiger charge is -2.22. The fraction of sp³-hybridized carbons (Fsp3) is 0.462. The normalized spacial score (nSPS) is 22.2. The number of halogens is 3. The Morgan fingerprint density at radius 3 is 2.84 bits per heavy atom. The minimum absolute atomic E-state index is 0. The van der Waals surface area contributed by atoms with Crippen molar-refractivity contribution >= 4 is 45.8 Å². The summed E-state index contributed by atoms with van der Waals surface area (Å²) in [6.07, 6.45) is 0.966. The Labute approximate surface area is 133 Å². The summed E-state index contributed by atoms with van der Waals surface area (Å²) in [7, 11) is 0. The minimum atomic E-state index is -0.00949. The van der Waals surface area contributed by atoms with Crippen LogP contribution in [0.15, 0.2) is 22.7 Å². The van der Waals surface area contributed by atoms with Gasteiger partial charge in [-0.05, 0) is 53.9 Å². The Bertz CT molecular complexity index is 470. The number of carbonyl (C=O) groups is 1. The Kier molecular flexibility index (Phi) is 6.12. The number of nitrogens with two attached hydrogens (primary N) is 1. The van der Waals surface area contributed by atoms with Crippen molar-refractivity contribution in [1.82, 2.24) is 4.90 Å². The van der Waals surface area contributed by atoms with Crippen LogP contribution < -0.4 is 5.73 Å². The minimum Gasteiger partial charge on any atom is -0.336 e. The first kappa shape index (κ1) is 16.8. The number of hydrogen-bond donors (Lipinski definition) is 1. The first-order valence-electron chi connectivity index (χ1n) is 5.99. The molecule has 1 aliphatic heterocycles. The number of carbonyl (C=O) groups excluding carboxylic acids is 1. The number of nitrogens with zero attached hydrogens (tertiary/aromatic N) is 1. The van der Waals surface area contributed by atoms with Gasteiger partial charge in [0.15, 0.2) is 0 Å². The molecule has 3 nitrogen and oxygen atoms in total. The van der Waals surface area contributed by atoms with Crippen molar-refractivity contribution in [1.29, 1.82) is 0 Å². The molecule has 106 valence electrons. The predicted octanol–water partition coefficient (Wildman–Crippen LogP) is 3.33. The smallest absolute Gasteiger partial charge is 0.255 e. The van der Waals surface area contributed by atoms with E-state index in [2.05, 4.69) is 22.9 Å². The van der Waals surface area contributed by atoms with Crippen molar-refractivity contribution in [3.63, 3.8) is 0 Å². The molecule has 0 aromatic heterocycles. The van der Waals surface area contributed by atoms with Gasteiger partial charge in [-0.25, -0.2) is 0 Å². The zero-order valence-electron chi connectivity index (χ0n) is 10.6. The van der Waals surface area contributed by atoms with Crippen LogP contribution in [0.4, 0.5) is 0 Å². The third-order valence-electron chi connectivity index (χ3n) is 3.44. The molecule has 1 aliphatic rings. The van der Waals surface area contributed by atoms with Crippen LogP contribution in [0.25, 0.3) is 0 Å². The van der Waals surface area contributed by atoms with Crippen LogP contribution in [0.1, 0.15) is 23.7 Å². The zero-order valence-corrected chi connectivity index (χ0v) is 13.8. The molecule has 2 rings (SSSR count). The molecule has 19 heavy (non-hydrogen) atoms. The van der Waals surface area contributed by atoms with Gasteiger partial charge in [-0.2, -0.15) is 0 Å². The van der Waals surface area contributed by atoms with Gasteiger partial charge in [0.05, 0.1) is 10.6 Å². The largest absolute Gasteiger partial charge is 0.336 e. The summed E-state index contributed by atoms with van der Waals surface area (Å²) in [6, 6.07) is 5.64. The Hall–Kier alpha value is -0.290. The van der Waals surface area contributed by atoms with Crippen LogP contribution in [-0.4, -0.2) is 29.9 Å². The molecular formula is C13H17BrCl2N2O. The summed E-state index contributed by atoms with van der Waals surface area (Å²) >= 11 is 9.51. The predicted molar refractivity (Wildman–Crippen MR) is 84.1 cm³/mol. The lowest BCUT2D eigenvalue weighted by molar-refractivity contribution is 0.0743. The van der Waals surface area contributed by atoms with Gasteiger partial charge in [-0.1, -0.05) is 17.7 Å². The fourth-order valence-electron chi connectivity index (χ4n) is 2.42. The lowest BCUT2D eigenvalue weighted by atomic mass is 10.1. The molecule has 0 spiro atoms. The maximum Gasteiger partial charge on any atom is 0.255 e. The third-order valence-corrected chi connectivity index (χ3v) is 4.73. The molecule has 0 radical (unpaired) electrons. The van der Waals surface area contributed by atoms with Gasteiger partial charge in [0.1, 0.15) is 0 Å². The summed E-state index contributed by atoms with van der Waals surface area (Å²) in [5, 5.41) is 0.478. The number of rotatable bonds is 2. The highest BCUT2D eigenvalue weighted by Gasteiger charge is 2.32. The van der Waals surface area contributed by atoms with E-state index >= 15 is 0 Å². The molecule has 0 aliphatic carbocycles. The summed E-state index contributed by atoms with van der Waals surface area (Å²) in [5.74, 6) is 0.389. The van der Waals surface area contributed by atoms with Gasteiger partial charge in [0.2, 0.25) is 0 Å². The molecule has 6 heteroatoms. The van der Waals surface area contributed by atoms with Gasteiger partial charge < -0.3 is 10.6 Å². The molecule has 1 amide bonds. The molecule has 2 unspecified atom stereocenters. The SMILES string of the molecule is CC1CC(CN)CN1C(=O)c1cccc(Br)c1Cl.Cl. The maximum absolute atomic E-state index is 12.5. The quantitative estimate of drug-likeness (QED) is 0.871. The van der Waals surface area contributed by atoms with E-state index in [0.717, 1.165) is 17.4 Å². The standard InChI is InChI=1S/C13H16BrClN2O.ClH/c1-8-5-9(6-16)7-17(8)13(18)10-3-2-4-11(14)12(10)15;/h2-4,8-9H,5-7,16H2,1H3;1H. The van der Waals surface area contributed by atoms with Gasteiger partial charge in [0, 0.05) is 17.1 Å². The Balaban J connectivity index is 0.00000180. The van der Waals surface area contributed by atoms with Crippen molar-refractivity contribution in [3.8, 4) is 0 Å². The van der Waals surface area contributed by atoms with Gasteiger partial charge in [-0.3, -0.25) is 4.79 Å². The van der Waals surface area contributed by atoms with Gasteiger partial charge in [0.25, 0.3) is 5.91 Å². The summed E-state index contributed by atoms with van der Waals surface area (Å²) in [4.78, 5) is 14.3. The van der Waals surface area contributed by atoms with E-state index in [9.17, 15) is 4.79 Å². The highest BCUT2D eigenvalue weighted by Crippen LogP contribution is 2.30. The molecule has 0 saturated carbocycles. The van der Waals surface area contributed by atoms with Gasteiger partial charge >= 0.3 is 0 Å². The van der Waals surface area contributed by atoms with Crippen molar-refractivity contribution in [2.75, 3.05) is 13.1 Å². The molecule has 1 aromatic carbocycles. The van der Waals surface area contributed by atoms with Crippen molar-refractivity contribution < 1.29 is 4.79 Å². The van der Waals surface area contributed by atoms with Crippen molar-refractivity contribution in [2.24, 2.45) is 11.7 Å². The molecule has 1 saturated heterocycles. The van der Waals surface area contributed by atoms with Crippen LogP contribution in [-0.2, 0) is 0 Å². The number of likely N-dealkylation sites (tertiary alicyclic amines) is 1. The number of hydrogen-bond acceptors (Lipinski definition) is 2. The molecule has 2 N–H and O–H groups in total. The Morgan fingerprint density at radius 1 is 1.58 bits per heavy atom. The zero-order chi connectivity index (χ0) is 13.3. The fourth-order valence-corrected chi connectivity index (χ4v) is 2.99. The van der Waals surface area contributed by atoms with E-state index in [1.165, 1.54) is 0 Å². The molecular weight excluding hydrogens is 351 g/mol. The maximum atomic E-state index is 12.5. The van der Waals surface area contributed by atoms with Gasteiger partial charge in [-0.15, -0.1) is 12.4 Å². The first-order valence-corrected chi connectivity index (χ1v) is 7.16. The van der Waals surface area contributed by atoms with Crippen LogP contribution >= 0.6 is 39.9 Å². The summed E-state index contributed by atoms with van der Waals surface area (Å²) in [6.45, 7) is 3.40. The van der Waals surface area contributed by atoms with E-state index < -0.39 is 0 Å². The Morgan fingerprint density at radius 2 is 2.26 bits per heavy atom. The van der Waals surface area contributed by atoms with E-state index in [1.54, 1.807) is 6.07 Å². The van der Waals surface area contributed by atoms with Crippen LogP contribution in [0.3, 0.4) is 0 Å². The van der Waals surface area contributed by atoms with Crippen molar-refractivity contribution in [2.45, 2.75) is 19.4 Å². The van der Waals surface area contributed by atoms with Crippen LogP contribution in [0, 0.1) is 5.92 Å². The second kappa shape index (κ2) is 6.93. The third kappa shape index (κ3) is 3.43. The number of benzene rings is 1. The summed E-state index contributed by atoms with van der Waals surface area (Å²) < 4.78 is 0.747. The molecule has 2 atom stereocenters.